The number of nitrogens with zero attached hydrogens (tertiary/aromatic N) is 1. The van der Waals surface area contributed by atoms with E-state index in [4.69, 9.17) is 4.74 Å². The van der Waals surface area contributed by atoms with E-state index in [-0.39, 0.29) is 30.0 Å². The number of hydrogen-bond acceptors (Lipinski definition) is 5. The fraction of sp³-hybridized carbons (Fsp3) is 0.286. The third-order valence-corrected chi connectivity index (χ3v) is 7.22. The fourth-order valence-corrected chi connectivity index (χ4v) is 5.12. The first-order valence-electron chi connectivity index (χ1n) is 14.5. The molecule has 0 radical (unpaired) electrons. The minimum Gasteiger partial charge on any atom is -0.508 e. The molecule has 0 bridgehead atoms. The third kappa shape index (κ3) is 7.71. The van der Waals surface area contributed by atoms with Gasteiger partial charge in [0.15, 0.2) is 0 Å². The summed E-state index contributed by atoms with van der Waals surface area (Å²) < 4.78 is 5.50. The Morgan fingerprint density at radius 1 is 0.884 bits per heavy atom. The zero-order valence-corrected chi connectivity index (χ0v) is 24.6. The highest BCUT2D eigenvalue weighted by Gasteiger charge is 2.44. The van der Waals surface area contributed by atoms with Crippen molar-refractivity contribution < 1.29 is 24.2 Å². The molecule has 8 nitrogen and oxygen atoms in total. The van der Waals surface area contributed by atoms with Gasteiger partial charge in [-0.15, -0.1) is 0 Å². The molecule has 2 unspecified atom stereocenters. The van der Waals surface area contributed by atoms with Crippen molar-refractivity contribution in [3.63, 3.8) is 0 Å². The monoisotopic (exact) mass is 579 g/mol. The molecule has 4 aromatic carbocycles. The third-order valence-electron chi connectivity index (χ3n) is 7.22. The van der Waals surface area contributed by atoms with E-state index in [1.165, 1.54) is 12.1 Å². The van der Waals surface area contributed by atoms with Crippen molar-refractivity contribution in [3.8, 4) is 5.75 Å². The topological polar surface area (TPSA) is 108 Å². The molecule has 43 heavy (non-hydrogen) atoms. The quantitative estimate of drug-likeness (QED) is 0.214. The summed E-state index contributed by atoms with van der Waals surface area (Å²) in [6.07, 6.45) is 0.917. The number of fused-ring (bicyclic) bond motifs is 1. The van der Waals surface area contributed by atoms with E-state index >= 15 is 0 Å². The van der Waals surface area contributed by atoms with Crippen LogP contribution in [-0.2, 0) is 20.7 Å². The van der Waals surface area contributed by atoms with E-state index in [9.17, 15) is 19.5 Å². The van der Waals surface area contributed by atoms with Crippen LogP contribution >= 0.6 is 0 Å². The standard InChI is InChI=1S/C35H37N3O5/c1-35(2,3)43-34(42)37-30(21-23-13-19-29(39)20-14-23)33(41)38(28-17-18-28)31(25-10-5-4-6-11-25)32(40)36-27-16-15-24-9-7-8-12-26(24)22-27/h4-16,19-20,22,28,30-31,39H,17-18,21H2,1-3H3,(H,36,40)(H,37,42). The highest BCUT2D eigenvalue weighted by atomic mass is 16.6. The summed E-state index contributed by atoms with van der Waals surface area (Å²) in [4.78, 5) is 43.1. The number of phenols is 1. The Kier molecular flexibility index (Phi) is 8.66. The largest absolute Gasteiger partial charge is 0.508 e. The summed E-state index contributed by atoms with van der Waals surface area (Å²) in [6, 6.07) is 27.2. The highest BCUT2D eigenvalue weighted by molar-refractivity contribution is 6.00. The van der Waals surface area contributed by atoms with Crippen molar-refractivity contribution in [2.24, 2.45) is 0 Å². The Hall–Kier alpha value is -4.85. The fourth-order valence-electron chi connectivity index (χ4n) is 5.12. The molecule has 3 amide bonds. The average Bonchev–Trinajstić information content (AvgIpc) is 3.81. The molecule has 222 valence electrons. The molecule has 1 aliphatic rings. The lowest BCUT2D eigenvalue weighted by Gasteiger charge is -2.34. The Morgan fingerprint density at radius 2 is 1.53 bits per heavy atom. The number of aromatic hydroxyl groups is 1. The highest BCUT2D eigenvalue weighted by Crippen LogP contribution is 2.36. The van der Waals surface area contributed by atoms with Crippen molar-refractivity contribution >= 4 is 34.4 Å². The molecule has 8 heteroatoms. The van der Waals surface area contributed by atoms with Gasteiger partial charge in [-0.25, -0.2) is 4.79 Å². The van der Waals surface area contributed by atoms with Gasteiger partial charge in [0, 0.05) is 18.2 Å². The van der Waals surface area contributed by atoms with Gasteiger partial charge in [0.2, 0.25) is 5.91 Å². The maximum Gasteiger partial charge on any atom is 0.408 e. The zero-order valence-electron chi connectivity index (χ0n) is 24.6. The van der Waals surface area contributed by atoms with Crippen molar-refractivity contribution in [1.82, 2.24) is 10.2 Å². The van der Waals surface area contributed by atoms with E-state index in [1.807, 2.05) is 72.8 Å². The van der Waals surface area contributed by atoms with Gasteiger partial charge in [0.25, 0.3) is 5.91 Å². The van der Waals surface area contributed by atoms with E-state index in [0.29, 0.717) is 11.3 Å². The van der Waals surface area contributed by atoms with Gasteiger partial charge in [-0.05, 0) is 79.8 Å². The van der Waals surface area contributed by atoms with Crippen LogP contribution in [0.5, 0.6) is 5.75 Å². The number of anilines is 1. The zero-order chi connectivity index (χ0) is 30.6. The predicted octanol–water partition coefficient (Wildman–Crippen LogP) is 6.35. The molecule has 4 aromatic rings. The Bertz CT molecular complexity index is 1590. The van der Waals surface area contributed by atoms with Gasteiger partial charge in [-0.3, -0.25) is 9.59 Å². The maximum absolute atomic E-state index is 14.5. The molecule has 0 spiro atoms. The molecular weight excluding hydrogens is 542 g/mol. The average molecular weight is 580 g/mol. The molecule has 1 fully saturated rings. The lowest BCUT2D eigenvalue weighted by atomic mass is 10.00. The number of phenolic OH excluding ortho intramolecular Hbond substituents is 1. The number of ether oxygens (including phenoxy) is 1. The summed E-state index contributed by atoms with van der Waals surface area (Å²) in [6.45, 7) is 5.26. The first-order valence-corrected chi connectivity index (χ1v) is 14.5. The number of amides is 3. The number of rotatable bonds is 9. The molecule has 2 atom stereocenters. The number of alkyl carbamates (subject to hydrolysis) is 1. The minimum absolute atomic E-state index is 0.0980. The van der Waals surface area contributed by atoms with Crippen LogP contribution in [-0.4, -0.2) is 45.6 Å². The van der Waals surface area contributed by atoms with Gasteiger partial charge < -0.3 is 25.4 Å². The van der Waals surface area contributed by atoms with Gasteiger partial charge >= 0.3 is 6.09 Å². The first kappa shape index (κ1) is 29.6. The number of nitrogens with one attached hydrogen (secondary N) is 2. The number of carbonyl (C=O) groups is 3. The Labute approximate surface area is 251 Å². The van der Waals surface area contributed by atoms with Gasteiger partial charge in [-0.1, -0.05) is 72.8 Å². The lowest BCUT2D eigenvalue weighted by Crippen LogP contribution is -2.54. The van der Waals surface area contributed by atoms with Crippen LogP contribution < -0.4 is 10.6 Å². The predicted molar refractivity (Wildman–Crippen MR) is 167 cm³/mol. The second-order valence-corrected chi connectivity index (χ2v) is 11.9. The number of benzene rings is 4. The van der Waals surface area contributed by atoms with Crippen LogP contribution in [0, 0.1) is 0 Å². The molecular formula is C35H37N3O5. The molecule has 0 aliphatic heterocycles. The van der Waals surface area contributed by atoms with Crippen molar-refractivity contribution in [2.75, 3.05) is 5.32 Å². The SMILES string of the molecule is CC(C)(C)OC(=O)NC(Cc1ccc(O)cc1)C(=O)N(C1CC1)C(C(=O)Nc1ccc2ccccc2c1)c1ccccc1. The molecule has 0 aromatic heterocycles. The van der Waals surface area contributed by atoms with Crippen molar-refractivity contribution in [2.45, 2.75) is 63.8 Å². The van der Waals surface area contributed by atoms with E-state index < -0.39 is 23.8 Å². The van der Waals surface area contributed by atoms with Crippen LogP contribution in [0.4, 0.5) is 10.5 Å². The van der Waals surface area contributed by atoms with E-state index in [1.54, 1.807) is 37.8 Å². The first-order chi connectivity index (χ1) is 20.6. The van der Waals surface area contributed by atoms with Crippen LogP contribution in [0.3, 0.4) is 0 Å². The summed E-state index contributed by atoms with van der Waals surface area (Å²) in [5.41, 5.74) is 1.26. The van der Waals surface area contributed by atoms with Gasteiger partial charge in [0.1, 0.15) is 23.4 Å². The number of carbonyl (C=O) groups excluding carboxylic acids is 3. The van der Waals surface area contributed by atoms with Crippen molar-refractivity contribution in [3.05, 3.63) is 108 Å². The molecule has 0 saturated heterocycles. The summed E-state index contributed by atoms with van der Waals surface area (Å²) >= 11 is 0. The molecule has 3 N–H and O–H groups in total. The number of hydrogen-bond donors (Lipinski definition) is 3. The molecule has 5 rings (SSSR count). The maximum atomic E-state index is 14.5. The molecule has 1 saturated carbocycles. The summed E-state index contributed by atoms with van der Waals surface area (Å²) in [7, 11) is 0. The van der Waals surface area contributed by atoms with Gasteiger partial charge in [0.05, 0.1) is 0 Å². The second-order valence-electron chi connectivity index (χ2n) is 11.9. The Morgan fingerprint density at radius 3 is 2.19 bits per heavy atom. The smallest absolute Gasteiger partial charge is 0.408 e. The van der Waals surface area contributed by atoms with Crippen LogP contribution in [0.15, 0.2) is 97.1 Å². The van der Waals surface area contributed by atoms with Crippen LogP contribution in [0.2, 0.25) is 0 Å². The Balaban J connectivity index is 1.49. The summed E-state index contributed by atoms with van der Waals surface area (Å²) in [5, 5.41) is 17.6. The van der Waals surface area contributed by atoms with E-state index in [2.05, 4.69) is 10.6 Å². The van der Waals surface area contributed by atoms with E-state index in [0.717, 1.165) is 29.2 Å². The molecule has 1 aliphatic carbocycles. The molecule has 0 heterocycles. The van der Waals surface area contributed by atoms with Crippen LogP contribution in [0.25, 0.3) is 10.8 Å². The minimum atomic E-state index is -1.01. The normalized spacial score (nSPS) is 14.4. The van der Waals surface area contributed by atoms with Crippen LogP contribution in [0.1, 0.15) is 50.8 Å². The summed E-state index contributed by atoms with van der Waals surface area (Å²) in [5.74, 6) is -0.632. The second kappa shape index (κ2) is 12.6. The van der Waals surface area contributed by atoms with Crippen molar-refractivity contribution in [1.29, 1.82) is 0 Å². The lowest BCUT2D eigenvalue weighted by molar-refractivity contribution is -0.141. The van der Waals surface area contributed by atoms with Gasteiger partial charge in [-0.2, -0.15) is 0 Å².